The highest BCUT2D eigenvalue weighted by molar-refractivity contribution is 7.18. The zero-order chi connectivity index (χ0) is 34.9. The normalized spacial score (nSPS) is 17.9. The first-order chi connectivity index (χ1) is 23.4. The molecule has 0 saturated carbocycles. The summed E-state index contributed by atoms with van der Waals surface area (Å²) in [5, 5.41) is 15.4. The zero-order valence-corrected chi connectivity index (χ0v) is 29.3. The summed E-state index contributed by atoms with van der Waals surface area (Å²) in [6.07, 6.45) is -0.452. The van der Waals surface area contributed by atoms with Crippen LogP contribution in [-0.2, 0) is 30.7 Å². The van der Waals surface area contributed by atoms with Gasteiger partial charge in [-0.1, -0.05) is 13.0 Å². The Hall–Kier alpha value is -3.73. The third kappa shape index (κ3) is 8.19. The van der Waals surface area contributed by atoms with E-state index in [2.05, 4.69) is 61.7 Å². The van der Waals surface area contributed by atoms with E-state index in [1.54, 1.807) is 6.07 Å². The Kier molecular flexibility index (Phi) is 10.5. The minimum absolute atomic E-state index is 0.164. The summed E-state index contributed by atoms with van der Waals surface area (Å²) in [7, 11) is 0. The fourth-order valence-corrected chi connectivity index (χ4v) is 8.56. The van der Waals surface area contributed by atoms with E-state index in [0.717, 1.165) is 87.2 Å². The van der Waals surface area contributed by atoms with Crippen LogP contribution < -0.4 is 11.1 Å². The number of fused-ring (bicyclic) bond motifs is 2. The maximum absolute atomic E-state index is 13.1. The molecule has 0 radical (unpaired) electrons. The van der Waals surface area contributed by atoms with Crippen molar-refractivity contribution in [3.05, 3.63) is 51.8 Å². The highest BCUT2D eigenvalue weighted by Crippen LogP contribution is 2.34. The van der Waals surface area contributed by atoms with Crippen LogP contribution in [0.1, 0.15) is 73.5 Å². The second-order valence-electron chi connectivity index (χ2n) is 13.8. The smallest absolute Gasteiger partial charge is 0.370 e. The van der Waals surface area contributed by atoms with Crippen LogP contribution in [0.15, 0.2) is 24.3 Å². The second-order valence-corrected chi connectivity index (χ2v) is 14.9. The van der Waals surface area contributed by atoms with E-state index < -0.39 is 12.6 Å². The number of anilines is 1. The second kappa shape index (κ2) is 14.6. The van der Waals surface area contributed by atoms with Gasteiger partial charge in [0, 0.05) is 66.9 Å². The van der Waals surface area contributed by atoms with E-state index in [9.17, 15) is 23.2 Å². The van der Waals surface area contributed by atoms with Crippen molar-refractivity contribution in [2.75, 3.05) is 31.5 Å². The first-order valence-electron chi connectivity index (χ1n) is 17.3. The van der Waals surface area contributed by atoms with E-state index in [0.29, 0.717) is 46.3 Å². The molecular formula is C36H45F3N8OS. The van der Waals surface area contributed by atoms with Gasteiger partial charge in [-0.2, -0.15) is 18.4 Å². The number of rotatable bonds is 11. The predicted molar refractivity (Wildman–Crippen MR) is 187 cm³/mol. The van der Waals surface area contributed by atoms with Gasteiger partial charge in [0.15, 0.2) is 0 Å². The van der Waals surface area contributed by atoms with E-state index in [1.165, 1.54) is 11.1 Å². The number of alkyl halides is 3. The van der Waals surface area contributed by atoms with E-state index in [1.807, 2.05) is 13.0 Å². The molecule has 5 heterocycles. The molecule has 1 atom stereocenters. The summed E-state index contributed by atoms with van der Waals surface area (Å²) in [4.78, 5) is 26.3. The molecule has 3 N–H and O–H groups in total. The lowest BCUT2D eigenvalue weighted by atomic mass is 9.92. The molecule has 4 aromatic rings. The number of aromatic nitrogens is 3. The summed E-state index contributed by atoms with van der Waals surface area (Å²) in [5.74, 6) is 1.39. The van der Waals surface area contributed by atoms with Gasteiger partial charge in [0.05, 0.1) is 11.8 Å². The lowest BCUT2D eigenvalue weighted by Gasteiger charge is -2.36. The molecule has 1 amide bonds. The third-order valence-corrected chi connectivity index (χ3v) is 11.3. The molecule has 0 unspecified atom stereocenters. The highest BCUT2D eigenvalue weighted by atomic mass is 32.1. The molecule has 1 aromatic carbocycles. The number of carbonyl (C=O) groups excluding carboxylic acids is 1. The standard InChI is InChI=1S/C36H45F3N8OS/c1-4-33-43-34(30-17-28(18-36(37,38)39)49-35(30)44-33)42-26-9-11-45(12-10-26)21-25-5-6-31-29(23(25)3)16-27(19-40)47(31)20-22(2)46-13-7-24(8-14-46)15-32(41)48/h5-6,16-17,22,24,26H,4,7-15,18,20-21H2,1-3H3,(H2,41,48)(H,42,43,44)/t22-/m0/s1. The largest absolute Gasteiger partial charge is 0.393 e. The van der Waals surface area contributed by atoms with E-state index >= 15 is 0 Å². The third-order valence-electron chi connectivity index (χ3n) is 10.3. The van der Waals surface area contributed by atoms with Crippen molar-refractivity contribution in [3.63, 3.8) is 0 Å². The zero-order valence-electron chi connectivity index (χ0n) is 28.4. The maximum Gasteiger partial charge on any atom is 0.393 e. The Morgan fingerprint density at radius 1 is 1.12 bits per heavy atom. The van der Waals surface area contributed by atoms with Gasteiger partial charge in [0.2, 0.25) is 5.91 Å². The van der Waals surface area contributed by atoms with Crippen molar-refractivity contribution in [2.24, 2.45) is 11.7 Å². The number of hydrogen-bond donors (Lipinski definition) is 2. The molecule has 0 bridgehead atoms. The molecule has 2 aliphatic heterocycles. The van der Waals surface area contributed by atoms with Crippen LogP contribution in [0, 0.1) is 24.2 Å². The molecule has 0 aliphatic carbocycles. The number of carbonyl (C=O) groups is 1. The minimum atomic E-state index is -4.26. The summed E-state index contributed by atoms with van der Waals surface area (Å²) in [5.41, 5.74) is 9.59. The fraction of sp³-hybridized carbons (Fsp3) is 0.556. The number of piperidine rings is 2. The van der Waals surface area contributed by atoms with Crippen LogP contribution in [-0.4, -0.2) is 74.7 Å². The lowest BCUT2D eigenvalue weighted by molar-refractivity contribution is -0.126. The molecule has 262 valence electrons. The quantitative estimate of drug-likeness (QED) is 0.183. The summed E-state index contributed by atoms with van der Waals surface area (Å²) in [6.45, 7) is 11.4. The van der Waals surface area contributed by atoms with Crippen molar-refractivity contribution in [2.45, 2.75) is 97.1 Å². The number of benzene rings is 1. The van der Waals surface area contributed by atoms with Crippen LogP contribution in [0.25, 0.3) is 21.1 Å². The molecule has 2 saturated heterocycles. The minimum Gasteiger partial charge on any atom is -0.370 e. The summed E-state index contributed by atoms with van der Waals surface area (Å²) < 4.78 is 41.4. The Bertz CT molecular complexity index is 1840. The Balaban J connectivity index is 1.09. The molecule has 49 heavy (non-hydrogen) atoms. The number of aryl methyl sites for hydroxylation is 2. The van der Waals surface area contributed by atoms with Gasteiger partial charge in [-0.25, -0.2) is 9.97 Å². The van der Waals surface area contributed by atoms with Gasteiger partial charge in [0.1, 0.15) is 28.2 Å². The number of nitrogens with zero attached hydrogens (tertiary/aromatic N) is 6. The molecular weight excluding hydrogens is 650 g/mol. The number of primary amides is 1. The van der Waals surface area contributed by atoms with E-state index in [4.69, 9.17) is 5.73 Å². The van der Waals surface area contributed by atoms with Gasteiger partial charge in [0.25, 0.3) is 0 Å². The van der Waals surface area contributed by atoms with Gasteiger partial charge in [-0.15, -0.1) is 11.3 Å². The van der Waals surface area contributed by atoms with Crippen molar-refractivity contribution >= 4 is 44.2 Å². The lowest BCUT2D eigenvalue weighted by Crippen LogP contribution is -2.42. The van der Waals surface area contributed by atoms with Gasteiger partial charge in [-0.3, -0.25) is 14.6 Å². The Morgan fingerprint density at radius 3 is 2.51 bits per heavy atom. The average Bonchev–Trinajstić information content (AvgIpc) is 3.63. The monoisotopic (exact) mass is 694 g/mol. The van der Waals surface area contributed by atoms with Crippen molar-refractivity contribution < 1.29 is 18.0 Å². The Morgan fingerprint density at radius 2 is 1.86 bits per heavy atom. The summed E-state index contributed by atoms with van der Waals surface area (Å²) >= 11 is 1.09. The van der Waals surface area contributed by atoms with Crippen LogP contribution in [0.3, 0.4) is 0 Å². The first kappa shape index (κ1) is 35.1. The van der Waals surface area contributed by atoms with Crippen LogP contribution >= 0.6 is 11.3 Å². The predicted octanol–water partition coefficient (Wildman–Crippen LogP) is 6.55. The van der Waals surface area contributed by atoms with Crippen molar-refractivity contribution in [1.29, 1.82) is 5.26 Å². The molecule has 13 heteroatoms. The number of halogens is 3. The average molecular weight is 695 g/mol. The molecule has 0 spiro atoms. The highest BCUT2D eigenvalue weighted by Gasteiger charge is 2.30. The molecule has 9 nitrogen and oxygen atoms in total. The van der Waals surface area contributed by atoms with Gasteiger partial charge in [-0.05, 0) is 87.9 Å². The van der Waals surface area contributed by atoms with Crippen LogP contribution in [0.2, 0.25) is 0 Å². The molecule has 6 rings (SSSR count). The molecule has 2 aliphatic rings. The topological polar surface area (TPSA) is 116 Å². The van der Waals surface area contributed by atoms with E-state index in [-0.39, 0.29) is 22.9 Å². The SMILES string of the molecule is CCc1nc(NC2CCN(Cc3ccc4c(cc(C#N)n4C[C@H](C)N4CCC(CC(N)=O)CC4)c3C)CC2)c2cc(CC(F)(F)F)sc2n1. The van der Waals surface area contributed by atoms with Crippen molar-refractivity contribution in [3.8, 4) is 6.07 Å². The molecule has 3 aromatic heterocycles. The maximum atomic E-state index is 13.1. The number of amides is 1. The Labute approximate surface area is 289 Å². The van der Waals surface area contributed by atoms with Crippen molar-refractivity contribution in [1.82, 2.24) is 24.3 Å². The fourth-order valence-electron chi connectivity index (χ4n) is 7.48. The number of nitrogens with two attached hydrogens (primary N) is 1. The number of nitrogens with one attached hydrogen (secondary N) is 1. The number of thiophene rings is 1. The molecule has 2 fully saturated rings. The number of nitriles is 1. The number of likely N-dealkylation sites (tertiary alicyclic amines) is 2. The van der Waals surface area contributed by atoms with Gasteiger partial charge < -0.3 is 15.6 Å². The first-order valence-corrected chi connectivity index (χ1v) is 18.1. The van der Waals surface area contributed by atoms with Crippen LogP contribution in [0.5, 0.6) is 0 Å². The number of hydrogen-bond acceptors (Lipinski definition) is 8. The summed E-state index contributed by atoms with van der Waals surface area (Å²) in [6, 6.07) is 10.8. The van der Waals surface area contributed by atoms with Gasteiger partial charge >= 0.3 is 6.18 Å². The van der Waals surface area contributed by atoms with Crippen LogP contribution in [0.4, 0.5) is 19.0 Å².